The molecule has 0 amide bonds. The molecular weight excluding hydrogens is 228 g/mol. The molecule has 2 rings (SSSR count). The van der Waals surface area contributed by atoms with Crippen LogP contribution < -0.4 is 5.32 Å². The van der Waals surface area contributed by atoms with Gasteiger partial charge in [-0.15, -0.1) is 0 Å². The summed E-state index contributed by atoms with van der Waals surface area (Å²) in [4.78, 5) is 0. The molecule has 0 saturated carbocycles. The van der Waals surface area contributed by atoms with Crippen LogP contribution in [0.2, 0.25) is 0 Å². The molecule has 90 valence electrons. The predicted molar refractivity (Wildman–Crippen MR) is 73.1 cm³/mol. The van der Waals surface area contributed by atoms with E-state index in [4.69, 9.17) is 5.26 Å². The maximum Gasteiger partial charge on any atom is 0.0991 e. The molecule has 1 fully saturated rings. The summed E-state index contributed by atoms with van der Waals surface area (Å²) in [7, 11) is 0. The summed E-state index contributed by atoms with van der Waals surface area (Å²) < 4.78 is 0. The van der Waals surface area contributed by atoms with E-state index in [-0.39, 0.29) is 0 Å². The van der Waals surface area contributed by atoms with Gasteiger partial charge in [0.1, 0.15) is 0 Å². The van der Waals surface area contributed by atoms with Crippen LogP contribution >= 0.6 is 11.8 Å². The summed E-state index contributed by atoms with van der Waals surface area (Å²) in [6.45, 7) is 3.27. The largest absolute Gasteiger partial charge is 0.309 e. The van der Waals surface area contributed by atoms with Crippen LogP contribution in [0.1, 0.15) is 36.9 Å². The third-order valence-corrected chi connectivity index (χ3v) is 4.61. The standard InChI is InChI=1S/C14H18N2S/c1-11(16-10-14-3-2-8-17-14)13-6-4-12(9-15)5-7-13/h4-7,11,14,16H,2-3,8,10H2,1H3. The fraction of sp³-hybridized carbons (Fsp3) is 0.500. The van der Waals surface area contributed by atoms with Crippen LogP contribution in [0.15, 0.2) is 24.3 Å². The minimum absolute atomic E-state index is 0.365. The average Bonchev–Trinajstić information content (AvgIpc) is 2.89. The Morgan fingerprint density at radius 3 is 2.82 bits per heavy atom. The molecule has 0 aliphatic carbocycles. The highest BCUT2D eigenvalue weighted by atomic mass is 32.2. The SMILES string of the molecule is CC(NCC1CCCS1)c1ccc(C#N)cc1. The molecule has 1 aliphatic heterocycles. The van der Waals surface area contributed by atoms with Gasteiger partial charge in [-0.05, 0) is 43.2 Å². The highest BCUT2D eigenvalue weighted by molar-refractivity contribution is 8.00. The number of benzene rings is 1. The number of nitrogens with one attached hydrogen (secondary N) is 1. The molecule has 2 unspecified atom stereocenters. The quantitative estimate of drug-likeness (QED) is 0.886. The lowest BCUT2D eigenvalue weighted by Gasteiger charge is -2.17. The smallest absolute Gasteiger partial charge is 0.0991 e. The Balaban J connectivity index is 1.85. The highest BCUT2D eigenvalue weighted by Crippen LogP contribution is 2.26. The summed E-state index contributed by atoms with van der Waals surface area (Å²) in [5, 5.41) is 13.1. The van der Waals surface area contributed by atoms with Gasteiger partial charge in [-0.2, -0.15) is 17.0 Å². The van der Waals surface area contributed by atoms with Crippen molar-refractivity contribution in [2.24, 2.45) is 0 Å². The molecule has 1 aromatic rings. The average molecular weight is 246 g/mol. The van der Waals surface area contributed by atoms with Crippen LogP contribution in [0.5, 0.6) is 0 Å². The van der Waals surface area contributed by atoms with Crippen molar-refractivity contribution in [1.29, 1.82) is 5.26 Å². The number of hydrogen-bond acceptors (Lipinski definition) is 3. The van der Waals surface area contributed by atoms with E-state index in [9.17, 15) is 0 Å². The van der Waals surface area contributed by atoms with Crippen molar-refractivity contribution in [3.63, 3.8) is 0 Å². The topological polar surface area (TPSA) is 35.8 Å². The lowest BCUT2D eigenvalue weighted by molar-refractivity contribution is 0.559. The van der Waals surface area contributed by atoms with E-state index in [1.807, 2.05) is 24.3 Å². The monoisotopic (exact) mass is 246 g/mol. The molecule has 1 N–H and O–H groups in total. The second kappa shape index (κ2) is 6.09. The van der Waals surface area contributed by atoms with Crippen molar-refractivity contribution in [2.75, 3.05) is 12.3 Å². The molecule has 17 heavy (non-hydrogen) atoms. The maximum atomic E-state index is 8.75. The Bertz CT molecular complexity index is 388. The zero-order chi connectivity index (χ0) is 12.1. The first-order valence-corrected chi connectivity index (χ1v) is 7.19. The summed E-state index contributed by atoms with van der Waals surface area (Å²) in [6, 6.07) is 10.4. The van der Waals surface area contributed by atoms with Crippen LogP contribution in [-0.2, 0) is 0 Å². The number of thioether (sulfide) groups is 1. The van der Waals surface area contributed by atoms with Crippen LogP contribution in [0.25, 0.3) is 0 Å². The van der Waals surface area contributed by atoms with Gasteiger partial charge in [0.2, 0.25) is 0 Å². The third-order valence-electron chi connectivity index (χ3n) is 3.22. The fourth-order valence-corrected chi connectivity index (χ4v) is 3.29. The van der Waals surface area contributed by atoms with Crippen molar-refractivity contribution in [3.05, 3.63) is 35.4 Å². The van der Waals surface area contributed by atoms with Gasteiger partial charge in [0.05, 0.1) is 11.6 Å². The van der Waals surface area contributed by atoms with E-state index in [2.05, 4.69) is 30.1 Å². The molecule has 0 radical (unpaired) electrons. The molecule has 1 aromatic carbocycles. The maximum absolute atomic E-state index is 8.75. The van der Waals surface area contributed by atoms with Crippen molar-refractivity contribution in [2.45, 2.75) is 31.1 Å². The van der Waals surface area contributed by atoms with Crippen molar-refractivity contribution in [1.82, 2.24) is 5.32 Å². The first-order valence-electron chi connectivity index (χ1n) is 6.14. The zero-order valence-electron chi connectivity index (χ0n) is 10.1. The molecular formula is C14H18N2S. The highest BCUT2D eigenvalue weighted by Gasteiger charge is 2.16. The fourth-order valence-electron chi connectivity index (χ4n) is 2.08. The first kappa shape index (κ1) is 12.5. The van der Waals surface area contributed by atoms with Gasteiger partial charge in [0, 0.05) is 17.8 Å². The molecule has 1 heterocycles. The molecule has 3 heteroatoms. The minimum Gasteiger partial charge on any atom is -0.309 e. The van der Waals surface area contributed by atoms with Gasteiger partial charge in [0.15, 0.2) is 0 Å². The second-order valence-electron chi connectivity index (χ2n) is 4.50. The van der Waals surface area contributed by atoms with Crippen LogP contribution in [-0.4, -0.2) is 17.5 Å². The van der Waals surface area contributed by atoms with Gasteiger partial charge < -0.3 is 5.32 Å². The Hall–Kier alpha value is -0.980. The lowest BCUT2D eigenvalue weighted by atomic mass is 10.1. The van der Waals surface area contributed by atoms with Gasteiger partial charge >= 0.3 is 0 Å². The molecule has 1 saturated heterocycles. The van der Waals surface area contributed by atoms with Crippen LogP contribution in [0, 0.1) is 11.3 Å². The minimum atomic E-state index is 0.365. The van der Waals surface area contributed by atoms with E-state index in [0.29, 0.717) is 6.04 Å². The van der Waals surface area contributed by atoms with Gasteiger partial charge in [-0.3, -0.25) is 0 Å². The first-order chi connectivity index (χ1) is 8.29. The van der Waals surface area contributed by atoms with Crippen molar-refractivity contribution >= 4 is 11.8 Å². The number of nitrogens with zero attached hydrogens (tertiary/aromatic N) is 1. The summed E-state index contributed by atoms with van der Waals surface area (Å²) >= 11 is 2.08. The molecule has 2 nitrogen and oxygen atoms in total. The zero-order valence-corrected chi connectivity index (χ0v) is 11.0. The molecule has 0 aromatic heterocycles. The van der Waals surface area contributed by atoms with Gasteiger partial charge in [0.25, 0.3) is 0 Å². The summed E-state index contributed by atoms with van der Waals surface area (Å²) in [5.41, 5.74) is 1.99. The Morgan fingerprint density at radius 1 is 1.47 bits per heavy atom. The van der Waals surface area contributed by atoms with E-state index >= 15 is 0 Å². The normalized spacial score (nSPS) is 21.1. The predicted octanol–water partition coefficient (Wildman–Crippen LogP) is 3.10. The second-order valence-corrected chi connectivity index (χ2v) is 5.91. The summed E-state index contributed by atoms with van der Waals surface area (Å²) in [5.74, 6) is 1.32. The molecule has 0 bridgehead atoms. The van der Waals surface area contributed by atoms with Crippen molar-refractivity contribution < 1.29 is 0 Å². The lowest BCUT2D eigenvalue weighted by Crippen LogP contribution is -2.26. The Kier molecular flexibility index (Phi) is 4.47. The number of nitriles is 1. The number of hydrogen-bond donors (Lipinski definition) is 1. The third kappa shape index (κ3) is 3.49. The molecule has 1 aliphatic rings. The van der Waals surface area contributed by atoms with Crippen LogP contribution in [0.3, 0.4) is 0 Å². The Morgan fingerprint density at radius 2 is 2.24 bits per heavy atom. The molecule has 2 atom stereocenters. The van der Waals surface area contributed by atoms with E-state index in [1.54, 1.807) is 0 Å². The van der Waals surface area contributed by atoms with Gasteiger partial charge in [-0.25, -0.2) is 0 Å². The summed E-state index contributed by atoms with van der Waals surface area (Å²) in [6.07, 6.45) is 2.71. The van der Waals surface area contributed by atoms with E-state index < -0.39 is 0 Å². The molecule has 0 spiro atoms. The number of rotatable bonds is 4. The van der Waals surface area contributed by atoms with Crippen molar-refractivity contribution in [3.8, 4) is 6.07 Å². The Labute approximate surface area is 107 Å². The van der Waals surface area contributed by atoms with Gasteiger partial charge in [-0.1, -0.05) is 12.1 Å². The van der Waals surface area contributed by atoms with Crippen LogP contribution in [0.4, 0.5) is 0 Å². The van der Waals surface area contributed by atoms with E-state index in [0.717, 1.165) is 17.4 Å². The van der Waals surface area contributed by atoms with E-state index in [1.165, 1.54) is 24.2 Å².